The fourth-order valence-corrected chi connectivity index (χ4v) is 3.96. The quantitative estimate of drug-likeness (QED) is 0.820. The average molecular weight is 405 g/mol. The molecule has 2 aliphatic heterocycles. The van der Waals surface area contributed by atoms with Crippen molar-refractivity contribution in [3.05, 3.63) is 99.7 Å². The smallest absolute Gasteiger partial charge is 0.205 e. The minimum atomic E-state index is -0.412. The zero-order valence-electron chi connectivity index (χ0n) is 16.5. The molecule has 0 spiro atoms. The largest absolute Gasteiger partial charge is 0.440 e. The van der Waals surface area contributed by atoms with Crippen LogP contribution in [0.4, 0.5) is 8.78 Å². The van der Waals surface area contributed by atoms with E-state index in [0.29, 0.717) is 24.4 Å². The van der Waals surface area contributed by atoms with Gasteiger partial charge >= 0.3 is 0 Å². The van der Waals surface area contributed by atoms with Crippen LogP contribution in [-0.4, -0.2) is 24.5 Å². The third-order valence-corrected chi connectivity index (χ3v) is 5.47. The van der Waals surface area contributed by atoms with Crippen molar-refractivity contribution in [1.29, 1.82) is 5.26 Å². The second-order valence-electron chi connectivity index (χ2n) is 7.36. The Hall–Kier alpha value is -3.43. The number of allylic oxidation sites excluding steroid dienone is 1. The minimum absolute atomic E-state index is 0.0560. The lowest BCUT2D eigenvalue weighted by Crippen LogP contribution is -2.38. The van der Waals surface area contributed by atoms with Crippen molar-refractivity contribution in [2.75, 3.05) is 19.6 Å². The molecule has 2 heterocycles. The number of nitrogens with zero attached hydrogens (tertiary/aromatic N) is 2. The number of halogens is 2. The van der Waals surface area contributed by atoms with Gasteiger partial charge in [-0.25, -0.2) is 8.78 Å². The molecule has 0 unspecified atom stereocenters. The summed E-state index contributed by atoms with van der Waals surface area (Å²) in [6, 6.07) is 14.5. The summed E-state index contributed by atoms with van der Waals surface area (Å²) in [6.07, 6.45) is 1.95. The Morgan fingerprint density at radius 1 is 1.10 bits per heavy atom. The first-order valence-corrected chi connectivity index (χ1v) is 9.75. The highest BCUT2D eigenvalue weighted by Gasteiger charge is 2.37. The summed E-state index contributed by atoms with van der Waals surface area (Å²) in [7, 11) is 0. The summed E-state index contributed by atoms with van der Waals surface area (Å²) in [5.41, 5.74) is 9.89. The summed E-state index contributed by atoms with van der Waals surface area (Å²) in [6.45, 7) is 4.10. The van der Waals surface area contributed by atoms with Crippen molar-refractivity contribution in [2.24, 2.45) is 5.73 Å². The van der Waals surface area contributed by atoms with Crippen LogP contribution in [0.5, 0.6) is 0 Å². The maximum Gasteiger partial charge on any atom is 0.205 e. The van der Waals surface area contributed by atoms with E-state index in [1.165, 1.54) is 24.3 Å². The highest BCUT2D eigenvalue weighted by Crippen LogP contribution is 2.43. The molecule has 0 radical (unpaired) electrons. The maximum atomic E-state index is 13.5. The van der Waals surface area contributed by atoms with Crippen molar-refractivity contribution in [1.82, 2.24) is 4.90 Å². The summed E-state index contributed by atoms with van der Waals surface area (Å²) in [5.74, 6) is -0.362. The van der Waals surface area contributed by atoms with Crippen LogP contribution in [0.3, 0.4) is 0 Å². The number of ether oxygens (including phenoxy) is 1. The second kappa shape index (κ2) is 8.13. The van der Waals surface area contributed by atoms with E-state index in [-0.39, 0.29) is 17.5 Å². The predicted molar refractivity (Wildman–Crippen MR) is 111 cm³/mol. The maximum absolute atomic E-state index is 13.5. The van der Waals surface area contributed by atoms with Gasteiger partial charge in [0, 0.05) is 18.7 Å². The molecular weight excluding hydrogens is 384 g/mol. The molecule has 0 aliphatic carbocycles. The van der Waals surface area contributed by atoms with E-state index in [2.05, 4.69) is 17.9 Å². The first-order valence-electron chi connectivity index (χ1n) is 9.75. The molecule has 0 saturated heterocycles. The Morgan fingerprint density at radius 2 is 1.73 bits per heavy atom. The summed E-state index contributed by atoms with van der Waals surface area (Å²) in [5, 5.41) is 9.76. The van der Waals surface area contributed by atoms with Crippen LogP contribution in [0.1, 0.15) is 24.0 Å². The second-order valence-corrected chi connectivity index (χ2v) is 7.36. The molecule has 0 amide bonds. The lowest BCUT2D eigenvalue weighted by molar-refractivity contribution is 0.239. The van der Waals surface area contributed by atoms with Crippen molar-refractivity contribution < 1.29 is 13.5 Å². The fourth-order valence-electron chi connectivity index (χ4n) is 3.96. The number of nitriles is 1. The fraction of sp³-hybridized carbons (Fsp3) is 0.208. The molecule has 0 aromatic heterocycles. The zero-order chi connectivity index (χ0) is 21.3. The van der Waals surface area contributed by atoms with Crippen LogP contribution in [-0.2, 0) is 4.74 Å². The van der Waals surface area contributed by atoms with E-state index in [0.717, 1.165) is 28.8 Å². The topological polar surface area (TPSA) is 62.3 Å². The van der Waals surface area contributed by atoms with Crippen LogP contribution in [0.15, 0.2) is 76.9 Å². The number of hydrogen-bond acceptors (Lipinski definition) is 4. The molecule has 0 fully saturated rings. The predicted octanol–water partition coefficient (Wildman–Crippen LogP) is 4.45. The zero-order valence-corrected chi connectivity index (χ0v) is 16.5. The highest BCUT2D eigenvalue weighted by molar-refractivity contribution is 5.63. The van der Waals surface area contributed by atoms with E-state index in [1.807, 2.05) is 6.08 Å². The van der Waals surface area contributed by atoms with Crippen LogP contribution in [0, 0.1) is 23.0 Å². The first kappa shape index (κ1) is 19.9. The van der Waals surface area contributed by atoms with Gasteiger partial charge < -0.3 is 10.5 Å². The molecule has 152 valence electrons. The lowest BCUT2D eigenvalue weighted by Gasteiger charge is -2.38. The van der Waals surface area contributed by atoms with Gasteiger partial charge in [0.1, 0.15) is 29.0 Å². The van der Waals surface area contributed by atoms with E-state index >= 15 is 0 Å². The molecule has 30 heavy (non-hydrogen) atoms. The minimum Gasteiger partial charge on any atom is -0.440 e. The van der Waals surface area contributed by atoms with E-state index in [4.69, 9.17) is 10.5 Å². The van der Waals surface area contributed by atoms with Gasteiger partial charge in [0.2, 0.25) is 5.88 Å². The standard InChI is InChI=1S/C24H21F2N3O/c1-2-29-13-17(11-15-3-7-18(25)8-4-15)23-21(14-29)22(20(12-27)24(28)30-23)16-5-9-19(26)10-6-16/h3-11,22H,2,13-14,28H2,1H3/t22-/m1/s1. The van der Waals surface area contributed by atoms with E-state index < -0.39 is 5.92 Å². The molecule has 4 rings (SSSR count). The van der Waals surface area contributed by atoms with Gasteiger partial charge in [-0.15, -0.1) is 0 Å². The van der Waals surface area contributed by atoms with Gasteiger partial charge in [0.25, 0.3) is 0 Å². The number of nitrogens with two attached hydrogens (primary N) is 1. The molecule has 2 aromatic rings. The first-order chi connectivity index (χ1) is 14.5. The lowest BCUT2D eigenvalue weighted by atomic mass is 9.80. The van der Waals surface area contributed by atoms with E-state index in [1.54, 1.807) is 24.3 Å². The third kappa shape index (κ3) is 3.72. The molecule has 0 saturated carbocycles. The molecular formula is C24H21F2N3O. The summed E-state index contributed by atoms with van der Waals surface area (Å²) >= 11 is 0. The Bertz CT molecular complexity index is 1090. The molecule has 6 heteroatoms. The molecule has 2 N–H and O–H groups in total. The van der Waals surface area contributed by atoms with Crippen molar-refractivity contribution >= 4 is 6.08 Å². The average Bonchev–Trinajstić information content (AvgIpc) is 2.75. The summed E-state index contributed by atoms with van der Waals surface area (Å²) < 4.78 is 32.8. The number of hydrogen-bond donors (Lipinski definition) is 1. The number of benzene rings is 2. The molecule has 0 bridgehead atoms. The van der Waals surface area contributed by atoms with Gasteiger partial charge in [-0.2, -0.15) is 5.26 Å². The Morgan fingerprint density at radius 3 is 2.33 bits per heavy atom. The monoisotopic (exact) mass is 405 g/mol. The Balaban J connectivity index is 1.86. The van der Waals surface area contributed by atoms with Gasteiger partial charge in [-0.05, 0) is 53.6 Å². The number of likely N-dealkylation sites (N-methyl/N-ethyl adjacent to an activating group) is 1. The molecule has 2 aliphatic rings. The normalized spacial score (nSPS) is 20.7. The molecule has 2 aromatic carbocycles. The van der Waals surface area contributed by atoms with Crippen LogP contribution < -0.4 is 5.73 Å². The van der Waals surface area contributed by atoms with E-state index in [9.17, 15) is 14.0 Å². The van der Waals surface area contributed by atoms with Crippen LogP contribution in [0.25, 0.3) is 6.08 Å². The summed E-state index contributed by atoms with van der Waals surface area (Å²) in [4.78, 5) is 2.23. The van der Waals surface area contributed by atoms with Crippen molar-refractivity contribution in [3.8, 4) is 6.07 Å². The Labute approximate surface area is 174 Å². The van der Waals surface area contributed by atoms with Crippen LogP contribution >= 0.6 is 0 Å². The molecule has 1 atom stereocenters. The van der Waals surface area contributed by atoms with Gasteiger partial charge in [0.05, 0.1) is 5.92 Å². The molecule has 4 nitrogen and oxygen atoms in total. The van der Waals surface area contributed by atoms with Crippen molar-refractivity contribution in [3.63, 3.8) is 0 Å². The SMILES string of the molecule is CCN1CC(=Cc2ccc(F)cc2)C2=C(C1)[C@H](c1ccc(F)cc1)C(C#N)=C(N)O2. The van der Waals surface area contributed by atoms with Crippen molar-refractivity contribution in [2.45, 2.75) is 12.8 Å². The third-order valence-electron chi connectivity index (χ3n) is 5.47. The van der Waals surface area contributed by atoms with Gasteiger partial charge in [0.15, 0.2) is 0 Å². The number of rotatable bonds is 3. The van der Waals surface area contributed by atoms with Gasteiger partial charge in [-0.1, -0.05) is 31.2 Å². The highest BCUT2D eigenvalue weighted by atomic mass is 19.1. The van der Waals surface area contributed by atoms with Crippen LogP contribution in [0.2, 0.25) is 0 Å². The Kier molecular flexibility index (Phi) is 5.39. The van der Waals surface area contributed by atoms with Gasteiger partial charge in [-0.3, -0.25) is 4.90 Å².